The molecule has 1 N–H and O–H groups in total. The van der Waals surface area contributed by atoms with Gasteiger partial charge >= 0.3 is 0 Å². The van der Waals surface area contributed by atoms with E-state index in [1.54, 1.807) is 0 Å². The van der Waals surface area contributed by atoms with Crippen molar-refractivity contribution in [3.8, 4) is 0 Å². The maximum atomic E-state index is 5.51. The Morgan fingerprint density at radius 1 is 1.39 bits per heavy atom. The molecule has 1 aromatic rings. The van der Waals surface area contributed by atoms with Crippen LogP contribution in [0.1, 0.15) is 25.5 Å². The van der Waals surface area contributed by atoms with E-state index in [0.717, 1.165) is 50.0 Å². The highest BCUT2D eigenvalue weighted by Crippen LogP contribution is 2.33. The molecule has 100 valence electrons. The number of rotatable bonds is 5. The molecule has 1 aliphatic rings. The van der Waals surface area contributed by atoms with Gasteiger partial charge in [0.05, 0.1) is 0 Å². The Labute approximate surface area is 117 Å². The van der Waals surface area contributed by atoms with Crippen molar-refractivity contribution in [1.82, 2.24) is 10.3 Å². The Morgan fingerprint density at radius 2 is 2.17 bits per heavy atom. The molecular formula is C14H21BrN2O. The van der Waals surface area contributed by atoms with E-state index in [-0.39, 0.29) is 0 Å². The fourth-order valence-corrected chi connectivity index (χ4v) is 2.74. The second-order valence-corrected chi connectivity index (χ2v) is 5.95. The van der Waals surface area contributed by atoms with E-state index < -0.39 is 0 Å². The molecule has 0 amide bonds. The summed E-state index contributed by atoms with van der Waals surface area (Å²) < 4.78 is 6.55. The maximum Gasteiger partial charge on any atom is 0.0471 e. The van der Waals surface area contributed by atoms with Gasteiger partial charge in [0.15, 0.2) is 0 Å². The van der Waals surface area contributed by atoms with Gasteiger partial charge in [-0.25, -0.2) is 0 Å². The molecule has 0 saturated carbocycles. The monoisotopic (exact) mass is 312 g/mol. The first-order valence-electron chi connectivity index (χ1n) is 6.63. The molecule has 18 heavy (non-hydrogen) atoms. The third kappa shape index (κ3) is 3.77. The van der Waals surface area contributed by atoms with Crippen LogP contribution in [0.4, 0.5) is 0 Å². The Balaban J connectivity index is 2.06. The van der Waals surface area contributed by atoms with E-state index in [4.69, 9.17) is 4.74 Å². The predicted molar refractivity (Wildman–Crippen MR) is 76.7 cm³/mol. The van der Waals surface area contributed by atoms with Gasteiger partial charge in [-0.05, 0) is 59.3 Å². The first kappa shape index (κ1) is 14.0. The normalized spacial score (nSPS) is 18.8. The summed E-state index contributed by atoms with van der Waals surface area (Å²) in [6, 6.07) is 4.19. The number of ether oxygens (including phenoxy) is 1. The molecule has 1 aliphatic heterocycles. The number of nitrogens with one attached hydrogen (secondary N) is 1. The molecule has 0 aromatic carbocycles. The third-order valence-electron chi connectivity index (χ3n) is 3.65. The number of aromatic nitrogens is 1. The molecule has 0 atom stereocenters. The van der Waals surface area contributed by atoms with Gasteiger partial charge < -0.3 is 10.1 Å². The van der Waals surface area contributed by atoms with Crippen LogP contribution in [0.25, 0.3) is 0 Å². The SMILES string of the molecule is CCNCC1(Cc2ccc(Br)cn2)CCOCC1. The van der Waals surface area contributed by atoms with Crippen LogP contribution in [0.5, 0.6) is 0 Å². The van der Waals surface area contributed by atoms with Crippen LogP contribution in [0.3, 0.4) is 0 Å². The number of hydrogen-bond acceptors (Lipinski definition) is 3. The molecule has 0 unspecified atom stereocenters. The summed E-state index contributed by atoms with van der Waals surface area (Å²) in [6.07, 6.45) is 5.17. The fraction of sp³-hybridized carbons (Fsp3) is 0.643. The van der Waals surface area contributed by atoms with Crippen molar-refractivity contribution in [2.45, 2.75) is 26.2 Å². The highest BCUT2D eigenvalue weighted by atomic mass is 79.9. The smallest absolute Gasteiger partial charge is 0.0471 e. The van der Waals surface area contributed by atoms with E-state index in [9.17, 15) is 0 Å². The minimum atomic E-state index is 0.315. The second kappa shape index (κ2) is 6.64. The summed E-state index contributed by atoms with van der Waals surface area (Å²) in [6.45, 7) is 6.00. The maximum absolute atomic E-state index is 5.51. The summed E-state index contributed by atoms with van der Waals surface area (Å²) in [7, 11) is 0. The van der Waals surface area contributed by atoms with E-state index in [1.165, 1.54) is 5.69 Å². The van der Waals surface area contributed by atoms with Crippen LogP contribution in [0.2, 0.25) is 0 Å². The zero-order valence-corrected chi connectivity index (χ0v) is 12.5. The standard InChI is InChI=1S/C14H21BrN2O/c1-2-16-11-14(5-7-18-8-6-14)9-13-4-3-12(15)10-17-13/h3-4,10,16H,2,5-9,11H2,1H3. The molecule has 0 spiro atoms. The third-order valence-corrected chi connectivity index (χ3v) is 4.12. The fourth-order valence-electron chi connectivity index (χ4n) is 2.51. The van der Waals surface area contributed by atoms with Gasteiger partial charge in [-0.1, -0.05) is 6.92 Å². The van der Waals surface area contributed by atoms with E-state index in [2.05, 4.69) is 45.3 Å². The lowest BCUT2D eigenvalue weighted by atomic mass is 9.76. The Morgan fingerprint density at radius 3 is 2.78 bits per heavy atom. The highest BCUT2D eigenvalue weighted by molar-refractivity contribution is 9.10. The topological polar surface area (TPSA) is 34.2 Å². The average Bonchev–Trinajstić information content (AvgIpc) is 2.40. The molecule has 4 heteroatoms. The Bertz CT molecular complexity index is 361. The van der Waals surface area contributed by atoms with Crippen LogP contribution in [0, 0.1) is 5.41 Å². The van der Waals surface area contributed by atoms with Crippen LogP contribution in [-0.2, 0) is 11.2 Å². The molecule has 0 bridgehead atoms. The lowest BCUT2D eigenvalue weighted by Crippen LogP contribution is -2.41. The lowest BCUT2D eigenvalue weighted by Gasteiger charge is -2.37. The minimum Gasteiger partial charge on any atom is -0.381 e. The van der Waals surface area contributed by atoms with Crippen LogP contribution in [0.15, 0.2) is 22.8 Å². The molecule has 2 heterocycles. The molecule has 0 radical (unpaired) electrons. The van der Waals surface area contributed by atoms with Gasteiger partial charge in [-0.15, -0.1) is 0 Å². The summed E-state index contributed by atoms with van der Waals surface area (Å²) in [5, 5.41) is 3.50. The second-order valence-electron chi connectivity index (χ2n) is 5.04. The van der Waals surface area contributed by atoms with Crippen LogP contribution in [-0.4, -0.2) is 31.3 Å². The molecule has 1 saturated heterocycles. The van der Waals surface area contributed by atoms with E-state index >= 15 is 0 Å². The first-order chi connectivity index (χ1) is 8.74. The number of halogens is 1. The van der Waals surface area contributed by atoms with Gasteiger partial charge in [0.25, 0.3) is 0 Å². The number of pyridine rings is 1. The zero-order chi connectivity index (χ0) is 12.8. The molecule has 2 rings (SSSR count). The van der Waals surface area contributed by atoms with E-state index in [1.807, 2.05) is 6.20 Å². The average molecular weight is 313 g/mol. The van der Waals surface area contributed by atoms with Crippen LogP contribution >= 0.6 is 15.9 Å². The summed E-state index contributed by atoms with van der Waals surface area (Å²) in [5.41, 5.74) is 1.49. The van der Waals surface area contributed by atoms with E-state index in [0.29, 0.717) is 5.41 Å². The van der Waals surface area contributed by atoms with Crippen molar-refractivity contribution in [2.75, 3.05) is 26.3 Å². The van der Waals surface area contributed by atoms with Crippen molar-refractivity contribution >= 4 is 15.9 Å². The van der Waals surface area contributed by atoms with Crippen molar-refractivity contribution in [3.05, 3.63) is 28.5 Å². The number of nitrogens with zero attached hydrogens (tertiary/aromatic N) is 1. The van der Waals surface area contributed by atoms with Gasteiger partial charge in [0.1, 0.15) is 0 Å². The number of hydrogen-bond donors (Lipinski definition) is 1. The molecular weight excluding hydrogens is 292 g/mol. The van der Waals surface area contributed by atoms with Gasteiger partial charge in [-0.2, -0.15) is 0 Å². The molecule has 0 aliphatic carbocycles. The molecule has 1 fully saturated rings. The van der Waals surface area contributed by atoms with Crippen molar-refractivity contribution in [3.63, 3.8) is 0 Å². The van der Waals surface area contributed by atoms with Crippen molar-refractivity contribution in [2.24, 2.45) is 5.41 Å². The van der Waals surface area contributed by atoms with Gasteiger partial charge in [0, 0.05) is 36.1 Å². The van der Waals surface area contributed by atoms with Crippen molar-refractivity contribution < 1.29 is 4.74 Å². The quantitative estimate of drug-likeness (QED) is 0.908. The van der Waals surface area contributed by atoms with Crippen LogP contribution < -0.4 is 5.32 Å². The largest absolute Gasteiger partial charge is 0.381 e. The molecule has 3 nitrogen and oxygen atoms in total. The first-order valence-corrected chi connectivity index (χ1v) is 7.42. The highest BCUT2D eigenvalue weighted by Gasteiger charge is 2.32. The minimum absolute atomic E-state index is 0.315. The summed E-state index contributed by atoms with van der Waals surface area (Å²) in [4.78, 5) is 4.51. The lowest BCUT2D eigenvalue weighted by molar-refractivity contribution is 0.0147. The van der Waals surface area contributed by atoms with Gasteiger partial charge in [-0.3, -0.25) is 4.98 Å². The Hall–Kier alpha value is -0.450. The predicted octanol–water partition coefficient (Wildman–Crippen LogP) is 2.79. The molecule has 1 aromatic heterocycles. The van der Waals surface area contributed by atoms with Crippen molar-refractivity contribution in [1.29, 1.82) is 0 Å². The van der Waals surface area contributed by atoms with Gasteiger partial charge in [0.2, 0.25) is 0 Å². The summed E-state index contributed by atoms with van der Waals surface area (Å²) >= 11 is 3.43. The zero-order valence-electron chi connectivity index (χ0n) is 10.9. The Kier molecular flexibility index (Phi) is 5.15. The summed E-state index contributed by atoms with van der Waals surface area (Å²) in [5.74, 6) is 0.